The van der Waals surface area contributed by atoms with Gasteiger partial charge in [0.25, 0.3) is 0 Å². The van der Waals surface area contributed by atoms with E-state index in [0.717, 1.165) is 17.2 Å². The largest absolute Gasteiger partial charge is 0.316 e. The highest BCUT2D eigenvalue weighted by Gasteiger charge is 2.26. The predicted molar refractivity (Wildman–Crippen MR) is 67.0 cm³/mol. The lowest BCUT2D eigenvalue weighted by molar-refractivity contribution is 0.351. The lowest BCUT2D eigenvalue weighted by Gasteiger charge is -2.33. The fourth-order valence-electron chi connectivity index (χ4n) is 2.52. The van der Waals surface area contributed by atoms with Crippen LogP contribution in [-0.4, -0.2) is 24.1 Å². The van der Waals surface area contributed by atoms with Gasteiger partial charge in [-0.25, -0.2) is 0 Å². The molecule has 0 aliphatic carbocycles. The first-order valence-corrected chi connectivity index (χ1v) is 7.13. The summed E-state index contributed by atoms with van der Waals surface area (Å²) in [5.74, 6) is 2.21. The molecule has 0 radical (unpaired) electrons. The summed E-state index contributed by atoms with van der Waals surface area (Å²) >= 11 is 2.19. The van der Waals surface area contributed by atoms with E-state index in [2.05, 4.69) is 38.0 Å². The molecule has 1 aliphatic rings. The van der Waals surface area contributed by atoms with Crippen LogP contribution in [0.15, 0.2) is 0 Å². The Bertz CT molecular complexity index is 143. The van der Waals surface area contributed by atoms with Gasteiger partial charge in [-0.2, -0.15) is 11.8 Å². The van der Waals surface area contributed by atoms with E-state index in [1.54, 1.807) is 0 Å². The maximum atomic E-state index is 3.54. The Balaban J connectivity index is 2.41. The van der Waals surface area contributed by atoms with Crippen LogP contribution in [0.25, 0.3) is 0 Å². The molecule has 0 spiro atoms. The van der Waals surface area contributed by atoms with Crippen molar-refractivity contribution >= 4 is 11.8 Å². The highest BCUT2D eigenvalue weighted by Crippen LogP contribution is 2.31. The molecule has 1 aliphatic heterocycles. The smallest absolute Gasteiger partial charge is 0.0209 e. The zero-order chi connectivity index (χ0) is 10.4. The van der Waals surface area contributed by atoms with Crippen molar-refractivity contribution in [1.29, 1.82) is 0 Å². The molecule has 2 heteroatoms. The van der Waals surface area contributed by atoms with E-state index in [1.165, 1.54) is 37.9 Å². The second-order valence-electron chi connectivity index (χ2n) is 4.49. The Kier molecular flexibility index (Phi) is 5.95. The van der Waals surface area contributed by atoms with Gasteiger partial charge in [0.2, 0.25) is 0 Å². The van der Waals surface area contributed by atoms with Crippen LogP contribution in [0.2, 0.25) is 0 Å². The van der Waals surface area contributed by atoms with E-state index >= 15 is 0 Å². The minimum absolute atomic E-state index is 0.736. The van der Waals surface area contributed by atoms with E-state index in [1.807, 2.05) is 0 Å². The molecule has 3 unspecified atom stereocenters. The lowest BCUT2D eigenvalue weighted by Crippen LogP contribution is -2.42. The van der Waals surface area contributed by atoms with Gasteiger partial charge in [0.05, 0.1) is 0 Å². The number of hydrogen-bond donors (Lipinski definition) is 1. The number of rotatable bonds is 5. The summed E-state index contributed by atoms with van der Waals surface area (Å²) in [5, 5.41) is 4.41. The van der Waals surface area contributed by atoms with Crippen molar-refractivity contribution in [2.24, 2.45) is 5.92 Å². The van der Waals surface area contributed by atoms with Crippen molar-refractivity contribution in [1.82, 2.24) is 5.32 Å². The molecule has 1 rings (SSSR count). The second kappa shape index (κ2) is 6.73. The van der Waals surface area contributed by atoms with Crippen molar-refractivity contribution in [3.63, 3.8) is 0 Å². The van der Waals surface area contributed by atoms with E-state index in [4.69, 9.17) is 0 Å². The topological polar surface area (TPSA) is 12.0 Å². The zero-order valence-electron chi connectivity index (χ0n) is 9.88. The predicted octanol–water partition coefficient (Wildman–Crippen LogP) is 3.30. The standard InChI is InChI=1S/C12H25NS/c1-4-7-10(2)12(13-3)11-8-5-6-9-14-11/h10-13H,4-9H2,1-3H3. The van der Waals surface area contributed by atoms with Crippen LogP contribution in [0.1, 0.15) is 46.0 Å². The van der Waals surface area contributed by atoms with Crippen LogP contribution < -0.4 is 5.32 Å². The van der Waals surface area contributed by atoms with E-state index < -0.39 is 0 Å². The Hall–Kier alpha value is 0.310. The van der Waals surface area contributed by atoms with Gasteiger partial charge in [-0.3, -0.25) is 0 Å². The molecule has 3 atom stereocenters. The van der Waals surface area contributed by atoms with Crippen LogP contribution in [0, 0.1) is 5.92 Å². The lowest BCUT2D eigenvalue weighted by atomic mass is 9.92. The van der Waals surface area contributed by atoms with Crippen LogP contribution in [-0.2, 0) is 0 Å². The highest BCUT2D eigenvalue weighted by atomic mass is 32.2. The molecule has 0 amide bonds. The Morgan fingerprint density at radius 1 is 1.43 bits per heavy atom. The van der Waals surface area contributed by atoms with Gasteiger partial charge in [0.1, 0.15) is 0 Å². The van der Waals surface area contributed by atoms with Crippen molar-refractivity contribution in [3.05, 3.63) is 0 Å². The van der Waals surface area contributed by atoms with Crippen molar-refractivity contribution in [2.45, 2.75) is 57.2 Å². The molecule has 1 nitrogen and oxygen atoms in total. The summed E-state index contributed by atoms with van der Waals surface area (Å²) in [5.41, 5.74) is 0. The minimum Gasteiger partial charge on any atom is -0.316 e. The van der Waals surface area contributed by atoms with E-state index in [9.17, 15) is 0 Å². The molecule has 1 N–H and O–H groups in total. The fraction of sp³-hybridized carbons (Fsp3) is 1.00. The number of nitrogens with one attached hydrogen (secondary N) is 1. The fourth-order valence-corrected chi connectivity index (χ4v) is 4.14. The molecule has 1 saturated heterocycles. The molecule has 0 aromatic heterocycles. The van der Waals surface area contributed by atoms with Crippen LogP contribution >= 0.6 is 11.8 Å². The summed E-state index contributed by atoms with van der Waals surface area (Å²) < 4.78 is 0. The van der Waals surface area contributed by atoms with Crippen LogP contribution in [0.5, 0.6) is 0 Å². The first kappa shape index (κ1) is 12.4. The highest BCUT2D eigenvalue weighted by molar-refractivity contribution is 8.00. The molecular weight excluding hydrogens is 190 g/mol. The van der Waals surface area contributed by atoms with Gasteiger partial charge in [0.15, 0.2) is 0 Å². The average molecular weight is 215 g/mol. The molecule has 14 heavy (non-hydrogen) atoms. The quantitative estimate of drug-likeness (QED) is 0.755. The molecule has 0 bridgehead atoms. The maximum Gasteiger partial charge on any atom is 0.0209 e. The van der Waals surface area contributed by atoms with Crippen LogP contribution in [0.4, 0.5) is 0 Å². The summed E-state index contributed by atoms with van der Waals surface area (Å²) in [6.07, 6.45) is 6.97. The monoisotopic (exact) mass is 215 g/mol. The molecular formula is C12H25NS. The van der Waals surface area contributed by atoms with Gasteiger partial charge >= 0.3 is 0 Å². The number of thioether (sulfide) groups is 1. The molecule has 1 fully saturated rings. The van der Waals surface area contributed by atoms with Gasteiger partial charge < -0.3 is 5.32 Å². The molecule has 0 saturated carbocycles. The Labute approximate surface area is 93.4 Å². The third-order valence-corrected chi connectivity index (χ3v) is 4.79. The second-order valence-corrected chi connectivity index (χ2v) is 5.83. The average Bonchev–Trinajstić information content (AvgIpc) is 2.21. The normalized spacial score (nSPS) is 27.2. The number of hydrogen-bond acceptors (Lipinski definition) is 2. The maximum absolute atomic E-state index is 3.54. The van der Waals surface area contributed by atoms with Gasteiger partial charge in [0, 0.05) is 11.3 Å². The minimum atomic E-state index is 0.736. The summed E-state index contributed by atoms with van der Waals surface area (Å²) in [4.78, 5) is 0. The van der Waals surface area contributed by atoms with Crippen molar-refractivity contribution < 1.29 is 0 Å². The first-order chi connectivity index (χ1) is 6.79. The third kappa shape index (κ3) is 3.47. The SMILES string of the molecule is CCCC(C)C(NC)C1CCCCS1. The van der Waals surface area contributed by atoms with E-state index in [0.29, 0.717) is 0 Å². The first-order valence-electron chi connectivity index (χ1n) is 6.08. The molecule has 0 aromatic rings. The molecule has 84 valence electrons. The van der Waals surface area contributed by atoms with Gasteiger partial charge in [-0.15, -0.1) is 0 Å². The summed E-state index contributed by atoms with van der Waals surface area (Å²) in [6, 6.07) is 0.736. The third-order valence-electron chi connectivity index (χ3n) is 3.31. The van der Waals surface area contributed by atoms with Crippen molar-refractivity contribution in [2.75, 3.05) is 12.8 Å². The zero-order valence-corrected chi connectivity index (χ0v) is 10.7. The van der Waals surface area contributed by atoms with Crippen molar-refractivity contribution in [3.8, 4) is 0 Å². The summed E-state index contributed by atoms with van der Waals surface area (Å²) in [6.45, 7) is 4.69. The Morgan fingerprint density at radius 3 is 2.71 bits per heavy atom. The van der Waals surface area contributed by atoms with Gasteiger partial charge in [-0.05, 0) is 38.0 Å². The van der Waals surface area contributed by atoms with E-state index in [-0.39, 0.29) is 0 Å². The van der Waals surface area contributed by atoms with Crippen LogP contribution in [0.3, 0.4) is 0 Å². The molecule has 1 heterocycles. The van der Waals surface area contributed by atoms with Gasteiger partial charge in [-0.1, -0.05) is 26.7 Å². The molecule has 0 aromatic carbocycles. The summed E-state index contributed by atoms with van der Waals surface area (Å²) in [7, 11) is 2.13. The Morgan fingerprint density at radius 2 is 2.21 bits per heavy atom.